The molecule has 1 aromatic rings. The van der Waals surface area contributed by atoms with Crippen LogP contribution in [0.15, 0.2) is 12.1 Å². The maximum atomic E-state index is 12.5. The first-order chi connectivity index (χ1) is 8.23. The zero-order valence-electron chi connectivity index (χ0n) is 11.9. The van der Waals surface area contributed by atoms with Crippen molar-refractivity contribution in [3.8, 4) is 0 Å². The molecule has 3 nitrogen and oxygen atoms in total. The van der Waals surface area contributed by atoms with Gasteiger partial charge < -0.3 is 4.74 Å². The number of benzene rings is 1. The molecular weight excluding hydrogens is 228 g/mol. The van der Waals surface area contributed by atoms with Crippen LogP contribution < -0.4 is 0 Å². The molecule has 1 rings (SSSR count). The SMILES string of the molecule is COC(=O)C(C)(C)C(=O)c1ccc(C)c(C)c1C. The van der Waals surface area contributed by atoms with Crippen molar-refractivity contribution < 1.29 is 14.3 Å². The molecule has 98 valence electrons. The fraction of sp³-hybridized carbons (Fsp3) is 0.467. The number of esters is 1. The van der Waals surface area contributed by atoms with Gasteiger partial charge in [-0.15, -0.1) is 0 Å². The van der Waals surface area contributed by atoms with Crippen LogP contribution in [0.5, 0.6) is 0 Å². The second-order valence-corrected chi connectivity index (χ2v) is 5.13. The summed E-state index contributed by atoms with van der Waals surface area (Å²) in [6, 6.07) is 3.69. The number of carbonyl (C=O) groups excluding carboxylic acids is 2. The zero-order valence-corrected chi connectivity index (χ0v) is 11.9. The minimum Gasteiger partial charge on any atom is -0.468 e. The van der Waals surface area contributed by atoms with Gasteiger partial charge in [0.25, 0.3) is 0 Å². The Morgan fingerprint density at radius 2 is 1.61 bits per heavy atom. The van der Waals surface area contributed by atoms with Gasteiger partial charge in [0, 0.05) is 5.56 Å². The van der Waals surface area contributed by atoms with Crippen molar-refractivity contribution in [1.82, 2.24) is 0 Å². The molecule has 0 N–H and O–H groups in total. The predicted octanol–water partition coefficient (Wildman–Crippen LogP) is 2.99. The van der Waals surface area contributed by atoms with Crippen LogP contribution in [0.2, 0.25) is 0 Å². The lowest BCUT2D eigenvalue weighted by Crippen LogP contribution is -2.35. The fourth-order valence-corrected chi connectivity index (χ4v) is 1.89. The number of aryl methyl sites for hydroxylation is 1. The van der Waals surface area contributed by atoms with E-state index in [2.05, 4.69) is 0 Å². The van der Waals surface area contributed by atoms with E-state index in [1.165, 1.54) is 7.11 Å². The first-order valence-electron chi connectivity index (χ1n) is 5.93. The van der Waals surface area contributed by atoms with Crippen LogP contribution in [-0.4, -0.2) is 18.9 Å². The Morgan fingerprint density at radius 1 is 1.06 bits per heavy atom. The molecule has 0 unspecified atom stereocenters. The average Bonchev–Trinajstić information content (AvgIpc) is 2.34. The van der Waals surface area contributed by atoms with Gasteiger partial charge in [0.05, 0.1) is 7.11 Å². The van der Waals surface area contributed by atoms with Crippen molar-refractivity contribution in [3.63, 3.8) is 0 Å². The predicted molar refractivity (Wildman–Crippen MR) is 70.8 cm³/mol. The molecule has 0 saturated heterocycles. The number of Topliss-reactive ketones (excluding diaryl/α,β-unsaturated/α-hetero) is 1. The van der Waals surface area contributed by atoms with Crippen LogP contribution in [-0.2, 0) is 9.53 Å². The van der Waals surface area contributed by atoms with Gasteiger partial charge in [0.1, 0.15) is 5.41 Å². The van der Waals surface area contributed by atoms with E-state index in [0.29, 0.717) is 5.56 Å². The molecule has 0 saturated carbocycles. The quantitative estimate of drug-likeness (QED) is 0.469. The molecule has 18 heavy (non-hydrogen) atoms. The highest BCUT2D eigenvalue weighted by Gasteiger charge is 2.38. The third-order valence-corrected chi connectivity index (χ3v) is 3.57. The van der Waals surface area contributed by atoms with Gasteiger partial charge in [0.2, 0.25) is 0 Å². The number of ketones is 1. The third-order valence-electron chi connectivity index (χ3n) is 3.57. The standard InChI is InChI=1S/C15H20O3/c1-9-7-8-12(11(3)10(9)2)13(16)15(4,5)14(17)18-6/h7-8H,1-6H3. The number of hydrogen-bond donors (Lipinski definition) is 0. The first-order valence-corrected chi connectivity index (χ1v) is 5.93. The monoisotopic (exact) mass is 248 g/mol. The zero-order chi connectivity index (χ0) is 14.1. The van der Waals surface area contributed by atoms with Gasteiger partial charge in [0.15, 0.2) is 5.78 Å². The smallest absolute Gasteiger partial charge is 0.319 e. The molecule has 0 atom stereocenters. The normalized spacial score (nSPS) is 11.2. The molecule has 0 aromatic heterocycles. The maximum absolute atomic E-state index is 12.5. The van der Waals surface area contributed by atoms with Crippen molar-refractivity contribution in [1.29, 1.82) is 0 Å². The molecule has 1 aromatic carbocycles. The van der Waals surface area contributed by atoms with Crippen LogP contribution in [0.4, 0.5) is 0 Å². The lowest BCUT2D eigenvalue weighted by Gasteiger charge is -2.21. The highest BCUT2D eigenvalue weighted by atomic mass is 16.5. The molecule has 0 fully saturated rings. The Morgan fingerprint density at radius 3 is 2.11 bits per heavy atom. The summed E-state index contributed by atoms with van der Waals surface area (Å²) in [5, 5.41) is 0. The van der Waals surface area contributed by atoms with Gasteiger partial charge in [-0.2, -0.15) is 0 Å². The Hall–Kier alpha value is -1.64. The third kappa shape index (κ3) is 2.30. The van der Waals surface area contributed by atoms with Crippen molar-refractivity contribution in [2.45, 2.75) is 34.6 Å². The van der Waals surface area contributed by atoms with Crippen molar-refractivity contribution in [2.24, 2.45) is 5.41 Å². The van der Waals surface area contributed by atoms with Crippen molar-refractivity contribution >= 4 is 11.8 Å². The molecule has 0 bridgehead atoms. The minimum absolute atomic E-state index is 0.199. The van der Waals surface area contributed by atoms with E-state index in [1.807, 2.05) is 26.8 Å². The highest BCUT2D eigenvalue weighted by molar-refractivity contribution is 6.12. The second kappa shape index (κ2) is 4.92. The Kier molecular flexibility index (Phi) is 3.95. The fourth-order valence-electron chi connectivity index (χ4n) is 1.89. The van der Waals surface area contributed by atoms with Crippen LogP contribution in [0.1, 0.15) is 40.9 Å². The number of carbonyl (C=O) groups is 2. The Bertz CT molecular complexity index is 499. The van der Waals surface area contributed by atoms with E-state index >= 15 is 0 Å². The lowest BCUT2D eigenvalue weighted by atomic mass is 9.81. The van der Waals surface area contributed by atoms with E-state index < -0.39 is 11.4 Å². The van der Waals surface area contributed by atoms with Gasteiger partial charge in [-0.25, -0.2) is 0 Å². The Balaban J connectivity index is 3.28. The van der Waals surface area contributed by atoms with Crippen LogP contribution in [0, 0.1) is 26.2 Å². The van der Waals surface area contributed by atoms with Gasteiger partial charge >= 0.3 is 5.97 Å². The van der Waals surface area contributed by atoms with E-state index in [9.17, 15) is 9.59 Å². The number of rotatable bonds is 3. The summed E-state index contributed by atoms with van der Waals surface area (Å²) in [5.74, 6) is -0.708. The van der Waals surface area contributed by atoms with Gasteiger partial charge in [-0.3, -0.25) is 9.59 Å². The van der Waals surface area contributed by atoms with E-state index in [4.69, 9.17) is 4.74 Å². The second-order valence-electron chi connectivity index (χ2n) is 5.13. The summed E-state index contributed by atoms with van der Waals surface area (Å²) >= 11 is 0. The molecule has 0 aliphatic carbocycles. The number of hydrogen-bond acceptors (Lipinski definition) is 3. The van der Waals surface area contributed by atoms with Gasteiger partial charge in [-0.1, -0.05) is 12.1 Å². The molecule has 0 heterocycles. The summed E-state index contributed by atoms with van der Waals surface area (Å²) in [6.45, 7) is 9.07. The molecular formula is C15H20O3. The molecule has 0 aliphatic heterocycles. The van der Waals surface area contributed by atoms with E-state index in [-0.39, 0.29) is 5.78 Å². The topological polar surface area (TPSA) is 43.4 Å². The molecule has 0 aliphatic rings. The average molecular weight is 248 g/mol. The summed E-state index contributed by atoms with van der Waals surface area (Å²) in [4.78, 5) is 24.1. The van der Waals surface area contributed by atoms with Crippen LogP contribution >= 0.6 is 0 Å². The summed E-state index contributed by atoms with van der Waals surface area (Å²) in [6.07, 6.45) is 0. The summed E-state index contributed by atoms with van der Waals surface area (Å²) in [5.41, 5.74) is 2.59. The Labute approximate surface area is 108 Å². The summed E-state index contributed by atoms with van der Waals surface area (Å²) in [7, 11) is 1.30. The lowest BCUT2D eigenvalue weighted by molar-refractivity contribution is -0.147. The molecule has 0 spiro atoms. The first kappa shape index (κ1) is 14.4. The number of methoxy groups -OCH3 is 1. The highest BCUT2D eigenvalue weighted by Crippen LogP contribution is 2.27. The van der Waals surface area contributed by atoms with Gasteiger partial charge in [-0.05, 0) is 51.3 Å². The van der Waals surface area contributed by atoms with Crippen molar-refractivity contribution in [2.75, 3.05) is 7.11 Å². The molecule has 0 amide bonds. The van der Waals surface area contributed by atoms with Crippen molar-refractivity contribution in [3.05, 3.63) is 34.4 Å². The molecule has 0 radical (unpaired) electrons. The number of ether oxygens (including phenoxy) is 1. The van der Waals surface area contributed by atoms with E-state index in [1.54, 1.807) is 19.9 Å². The molecule has 3 heteroatoms. The minimum atomic E-state index is -1.15. The summed E-state index contributed by atoms with van der Waals surface area (Å²) < 4.78 is 4.69. The van der Waals surface area contributed by atoms with Crippen LogP contribution in [0.25, 0.3) is 0 Å². The largest absolute Gasteiger partial charge is 0.468 e. The maximum Gasteiger partial charge on any atom is 0.319 e. The van der Waals surface area contributed by atoms with Crippen LogP contribution in [0.3, 0.4) is 0 Å². The van der Waals surface area contributed by atoms with E-state index in [0.717, 1.165) is 16.7 Å².